The summed E-state index contributed by atoms with van der Waals surface area (Å²) in [7, 11) is 0. The number of thiazole rings is 1. The van der Waals surface area contributed by atoms with Gasteiger partial charge in [-0.05, 0) is 25.0 Å². The molecule has 0 N–H and O–H groups in total. The predicted molar refractivity (Wildman–Crippen MR) is 75.1 cm³/mol. The van der Waals surface area contributed by atoms with E-state index in [0.29, 0.717) is 11.5 Å². The molecule has 1 aromatic carbocycles. The van der Waals surface area contributed by atoms with Gasteiger partial charge in [-0.1, -0.05) is 12.1 Å². The van der Waals surface area contributed by atoms with Gasteiger partial charge in [0, 0.05) is 23.5 Å². The molecule has 1 unspecified atom stereocenters. The summed E-state index contributed by atoms with van der Waals surface area (Å²) in [5, 5.41) is 12.1. The molecule has 19 heavy (non-hydrogen) atoms. The van der Waals surface area contributed by atoms with Crippen LogP contribution in [0.2, 0.25) is 0 Å². The Morgan fingerprint density at radius 3 is 2.84 bits per heavy atom. The summed E-state index contributed by atoms with van der Waals surface area (Å²) in [5.41, 5.74) is 2.74. The van der Waals surface area contributed by atoms with Crippen molar-refractivity contribution < 1.29 is 4.74 Å². The molecule has 0 amide bonds. The molecule has 2 aromatic rings. The van der Waals surface area contributed by atoms with Crippen LogP contribution in [0.4, 0.5) is 0 Å². The Kier molecular flexibility index (Phi) is 3.58. The lowest BCUT2D eigenvalue weighted by Gasteiger charge is -2.19. The van der Waals surface area contributed by atoms with E-state index in [2.05, 4.69) is 11.4 Å². The summed E-state index contributed by atoms with van der Waals surface area (Å²) >= 11 is 1.70. The van der Waals surface area contributed by atoms with Crippen LogP contribution in [0.1, 0.15) is 29.3 Å². The van der Waals surface area contributed by atoms with Gasteiger partial charge in [0.15, 0.2) is 0 Å². The minimum atomic E-state index is 0.450. The van der Waals surface area contributed by atoms with Crippen LogP contribution in [-0.4, -0.2) is 18.2 Å². The first-order valence-corrected chi connectivity index (χ1v) is 7.28. The summed E-state index contributed by atoms with van der Waals surface area (Å²) < 4.78 is 5.51. The van der Waals surface area contributed by atoms with Gasteiger partial charge in [-0.25, -0.2) is 4.98 Å². The molecule has 1 aliphatic heterocycles. The second-order valence-corrected chi connectivity index (χ2v) is 5.56. The van der Waals surface area contributed by atoms with Crippen molar-refractivity contribution in [3.63, 3.8) is 0 Å². The number of rotatable bonds is 2. The highest BCUT2D eigenvalue weighted by molar-refractivity contribution is 7.10. The molecule has 3 nitrogen and oxygen atoms in total. The maximum absolute atomic E-state index is 8.80. The van der Waals surface area contributed by atoms with E-state index >= 15 is 0 Å². The van der Waals surface area contributed by atoms with Crippen LogP contribution in [0.25, 0.3) is 11.3 Å². The second kappa shape index (κ2) is 5.52. The number of benzene rings is 1. The molecular formula is C15H14N2OS. The lowest BCUT2D eigenvalue weighted by Crippen LogP contribution is -2.15. The van der Waals surface area contributed by atoms with E-state index in [-0.39, 0.29) is 0 Å². The highest BCUT2D eigenvalue weighted by Crippen LogP contribution is 2.31. The third-order valence-electron chi connectivity index (χ3n) is 3.34. The molecule has 1 aliphatic rings. The molecule has 0 aliphatic carbocycles. The van der Waals surface area contributed by atoms with Crippen LogP contribution >= 0.6 is 11.3 Å². The van der Waals surface area contributed by atoms with Gasteiger partial charge in [-0.15, -0.1) is 11.3 Å². The van der Waals surface area contributed by atoms with Gasteiger partial charge in [0.25, 0.3) is 0 Å². The number of nitrogens with zero attached hydrogens (tertiary/aromatic N) is 2. The molecule has 2 heterocycles. The van der Waals surface area contributed by atoms with E-state index < -0.39 is 0 Å². The fraction of sp³-hybridized carbons (Fsp3) is 0.333. The van der Waals surface area contributed by atoms with Crippen LogP contribution in [0, 0.1) is 11.3 Å². The Labute approximate surface area is 116 Å². The summed E-state index contributed by atoms with van der Waals surface area (Å²) in [4.78, 5) is 4.72. The SMILES string of the molecule is N#Cc1ccc(-c2csc(C3CCCOC3)n2)cc1. The van der Waals surface area contributed by atoms with Crippen molar-refractivity contribution in [1.29, 1.82) is 5.26 Å². The molecule has 0 spiro atoms. The Morgan fingerprint density at radius 1 is 1.32 bits per heavy atom. The lowest BCUT2D eigenvalue weighted by atomic mass is 10.0. The second-order valence-electron chi connectivity index (χ2n) is 4.67. The van der Waals surface area contributed by atoms with Gasteiger partial charge in [-0.3, -0.25) is 0 Å². The first-order valence-electron chi connectivity index (χ1n) is 6.40. The maximum Gasteiger partial charge on any atom is 0.0991 e. The molecule has 0 bridgehead atoms. The standard InChI is InChI=1S/C15H14N2OS/c16-8-11-3-5-12(6-4-11)14-10-19-15(17-14)13-2-1-7-18-9-13/h3-6,10,13H,1-2,7,9H2. The van der Waals surface area contributed by atoms with E-state index in [1.165, 1.54) is 11.4 Å². The average Bonchev–Trinajstić information content (AvgIpc) is 2.98. The van der Waals surface area contributed by atoms with Crippen molar-refractivity contribution in [2.45, 2.75) is 18.8 Å². The quantitative estimate of drug-likeness (QED) is 0.838. The van der Waals surface area contributed by atoms with Crippen LogP contribution < -0.4 is 0 Å². The molecule has 1 atom stereocenters. The van der Waals surface area contributed by atoms with E-state index in [1.54, 1.807) is 11.3 Å². The third kappa shape index (κ3) is 2.67. The van der Waals surface area contributed by atoms with E-state index in [9.17, 15) is 0 Å². The van der Waals surface area contributed by atoms with Crippen molar-refractivity contribution in [1.82, 2.24) is 4.98 Å². The monoisotopic (exact) mass is 270 g/mol. The third-order valence-corrected chi connectivity index (χ3v) is 4.35. The van der Waals surface area contributed by atoms with Crippen LogP contribution in [0.5, 0.6) is 0 Å². The molecule has 1 saturated heterocycles. The molecule has 96 valence electrons. The Hall–Kier alpha value is -1.70. The zero-order chi connectivity index (χ0) is 13.1. The number of aromatic nitrogens is 1. The largest absolute Gasteiger partial charge is 0.381 e. The first-order chi connectivity index (χ1) is 9.36. The van der Waals surface area contributed by atoms with Gasteiger partial charge in [0.2, 0.25) is 0 Å². The van der Waals surface area contributed by atoms with Crippen molar-refractivity contribution in [3.8, 4) is 17.3 Å². The lowest BCUT2D eigenvalue weighted by molar-refractivity contribution is 0.0804. The topological polar surface area (TPSA) is 45.9 Å². The zero-order valence-corrected chi connectivity index (χ0v) is 11.3. The van der Waals surface area contributed by atoms with Gasteiger partial charge < -0.3 is 4.74 Å². The number of nitriles is 1. The fourth-order valence-electron chi connectivity index (χ4n) is 2.26. The minimum absolute atomic E-state index is 0.450. The highest BCUT2D eigenvalue weighted by Gasteiger charge is 2.19. The fourth-order valence-corrected chi connectivity index (χ4v) is 3.21. The summed E-state index contributed by atoms with van der Waals surface area (Å²) in [6.07, 6.45) is 2.29. The number of hydrogen-bond acceptors (Lipinski definition) is 4. The predicted octanol–water partition coefficient (Wildman–Crippen LogP) is 3.58. The van der Waals surface area contributed by atoms with Gasteiger partial charge in [0.1, 0.15) is 0 Å². The van der Waals surface area contributed by atoms with E-state index in [4.69, 9.17) is 15.0 Å². The van der Waals surface area contributed by atoms with Gasteiger partial charge in [-0.2, -0.15) is 5.26 Å². The molecule has 1 fully saturated rings. The van der Waals surface area contributed by atoms with Gasteiger partial charge in [0.05, 0.1) is 28.9 Å². The van der Waals surface area contributed by atoms with Crippen LogP contribution in [0.15, 0.2) is 29.6 Å². The molecule has 1 aromatic heterocycles. The molecular weight excluding hydrogens is 256 g/mol. The van der Waals surface area contributed by atoms with E-state index in [0.717, 1.165) is 30.9 Å². The molecule has 3 rings (SSSR count). The van der Waals surface area contributed by atoms with Crippen molar-refractivity contribution in [2.24, 2.45) is 0 Å². The summed E-state index contributed by atoms with van der Waals surface area (Å²) in [5.74, 6) is 0.450. The van der Waals surface area contributed by atoms with E-state index in [1.807, 2.05) is 24.3 Å². The number of hydrogen-bond donors (Lipinski definition) is 0. The highest BCUT2D eigenvalue weighted by atomic mass is 32.1. The maximum atomic E-state index is 8.80. The minimum Gasteiger partial charge on any atom is -0.381 e. The number of ether oxygens (including phenoxy) is 1. The van der Waals surface area contributed by atoms with Gasteiger partial charge >= 0.3 is 0 Å². The average molecular weight is 270 g/mol. The van der Waals surface area contributed by atoms with Crippen molar-refractivity contribution >= 4 is 11.3 Å². The summed E-state index contributed by atoms with van der Waals surface area (Å²) in [6.45, 7) is 1.67. The Morgan fingerprint density at radius 2 is 2.16 bits per heavy atom. The Bertz CT molecular complexity index is 591. The van der Waals surface area contributed by atoms with Crippen LogP contribution in [0.3, 0.4) is 0 Å². The molecule has 4 heteroatoms. The Balaban J connectivity index is 1.81. The molecule has 0 saturated carbocycles. The van der Waals surface area contributed by atoms with Crippen LogP contribution in [-0.2, 0) is 4.74 Å². The normalized spacial score (nSPS) is 19.0. The van der Waals surface area contributed by atoms with Crippen molar-refractivity contribution in [3.05, 3.63) is 40.2 Å². The van der Waals surface area contributed by atoms with Crippen molar-refractivity contribution in [2.75, 3.05) is 13.2 Å². The molecule has 0 radical (unpaired) electrons. The first kappa shape index (κ1) is 12.3. The zero-order valence-electron chi connectivity index (χ0n) is 10.5. The summed E-state index contributed by atoms with van der Waals surface area (Å²) in [6, 6.07) is 9.70. The smallest absolute Gasteiger partial charge is 0.0991 e.